The number of alkyl halides is 3. The van der Waals surface area contributed by atoms with Gasteiger partial charge in [-0.05, 0) is 25.1 Å². The van der Waals surface area contributed by atoms with E-state index in [1.54, 1.807) is 0 Å². The number of nitrogens with one attached hydrogen (secondary N) is 1. The van der Waals surface area contributed by atoms with Crippen LogP contribution in [-0.4, -0.2) is 67.7 Å². The van der Waals surface area contributed by atoms with Gasteiger partial charge in [0.1, 0.15) is 17.0 Å². The Morgan fingerprint density at radius 3 is 2.41 bits per heavy atom. The van der Waals surface area contributed by atoms with E-state index in [-0.39, 0.29) is 32.4 Å². The molecular weight excluding hydrogens is 397 g/mol. The average Bonchev–Trinajstić information content (AvgIpc) is 2.64. The Morgan fingerprint density at radius 2 is 1.93 bits per heavy atom. The van der Waals surface area contributed by atoms with Gasteiger partial charge in [-0.1, -0.05) is 0 Å². The summed E-state index contributed by atoms with van der Waals surface area (Å²) in [5.41, 5.74) is -1.38. The number of amides is 2. The molecule has 0 spiro atoms. The number of carbonyl (C=O) groups is 2. The van der Waals surface area contributed by atoms with Gasteiger partial charge in [-0.15, -0.1) is 13.2 Å². The van der Waals surface area contributed by atoms with Gasteiger partial charge in [0.2, 0.25) is 11.8 Å². The Kier molecular flexibility index (Phi) is 8.71. The number of aliphatic hydroxyl groups is 1. The van der Waals surface area contributed by atoms with Crippen molar-refractivity contribution in [1.82, 2.24) is 10.2 Å². The lowest BCUT2D eigenvalue weighted by Crippen LogP contribution is -2.61. The molecule has 166 valence electrons. The van der Waals surface area contributed by atoms with Gasteiger partial charge in [-0.3, -0.25) is 9.59 Å². The Balaban J connectivity index is 0.00000841. The first-order chi connectivity index (χ1) is 13.5. The molecule has 8 nitrogen and oxygen atoms in total. The average molecular weight is 424 g/mol. The highest BCUT2D eigenvalue weighted by Crippen LogP contribution is 2.28. The highest BCUT2D eigenvalue weighted by molar-refractivity contribution is 5.90. The van der Waals surface area contributed by atoms with Crippen molar-refractivity contribution in [2.24, 2.45) is 0 Å². The highest BCUT2D eigenvalue weighted by atomic mass is 19.4. The van der Waals surface area contributed by atoms with E-state index in [2.05, 4.69) is 10.1 Å². The minimum atomic E-state index is -4.87. The number of ether oxygens (including phenoxy) is 3. The molecule has 29 heavy (non-hydrogen) atoms. The van der Waals surface area contributed by atoms with Crippen molar-refractivity contribution >= 4 is 11.8 Å². The summed E-state index contributed by atoms with van der Waals surface area (Å²) in [4.78, 5) is 25.8. The third kappa shape index (κ3) is 6.79. The fraction of sp³-hybridized carbons (Fsp3) is 0.556. The second-order valence-electron chi connectivity index (χ2n) is 6.30. The summed E-state index contributed by atoms with van der Waals surface area (Å²) in [6.45, 7) is 1.94. The van der Waals surface area contributed by atoms with Gasteiger partial charge in [0.15, 0.2) is 0 Å². The normalized spacial score (nSPS) is 13.4. The number of hydrogen-bond donors (Lipinski definition) is 2. The molecule has 1 aromatic rings. The number of nitrogens with zero attached hydrogens (tertiary/aromatic N) is 1. The second kappa shape index (κ2) is 10.3. The summed E-state index contributed by atoms with van der Waals surface area (Å²) in [6, 6.07) is 3.43. The van der Waals surface area contributed by atoms with E-state index in [9.17, 15) is 27.9 Å². The SMILES string of the molecule is COCCN(C(C)=O)C(C)(CO)C(=O)NCc1cc(OC(F)(F)F)ccc1OC.[HH]. The van der Waals surface area contributed by atoms with Crippen molar-refractivity contribution in [3.05, 3.63) is 23.8 Å². The van der Waals surface area contributed by atoms with E-state index in [1.807, 2.05) is 0 Å². The van der Waals surface area contributed by atoms with Crippen LogP contribution >= 0.6 is 0 Å². The molecule has 0 fully saturated rings. The van der Waals surface area contributed by atoms with Crippen LogP contribution in [0.4, 0.5) is 13.2 Å². The predicted octanol–water partition coefficient (Wildman–Crippen LogP) is 1.70. The van der Waals surface area contributed by atoms with Gasteiger partial charge in [0.25, 0.3) is 0 Å². The smallest absolute Gasteiger partial charge is 0.496 e. The first kappa shape index (κ1) is 24.5. The minimum absolute atomic E-state index is 0. The van der Waals surface area contributed by atoms with Crippen LogP contribution in [-0.2, 0) is 20.9 Å². The maximum Gasteiger partial charge on any atom is 0.573 e. The number of rotatable bonds is 10. The van der Waals surface area contributed by atoms with Gasteiger partial charge in [-0.2, -0.15) is 0 Å². The molecule has 0 aliphatic heterocycles. The first-order valence-electron chi connectivity index (χ1n) is 8.57. The molecule has 0 bridgehead atoms. The van der Waals surface area contributed by atoms with Crippen molar-refractivity contribution in [3.8, 4) is 11.5 Å². The van der Waals surface area contributed by atoms with Crippen LogP contribution in [0.25, 0.3) is 0 Å². The zero-order valence-corrected chi connectivity index (χ0v) is 16.6. The number of halogens is 3. The van der Waals surface area contributed by atoms with Crippen LogP contribution in [0.5, 0.6) is 11.5 Å². The first-order valence-corrected chi connectivity index (χ1v) is 8.57. The Hall–Kier alpha value is -2.53. The molecule has 2 N–H and O–H groups in total. The van der Waals surface area contributed by atoms with Crippen LogP contribution in [0.15, 0.2) is 18.2 Å². The lowest BCUT2D eigenvalue weighted by atomic mass is 9.99. The van der Waals surface area contributed by atoms with Gasteiger partial charge < -0.3 is 29.5 Å². The Labute approximate surface area is 168 Å². The summed E-state index contributed by atoms with van der Waals surface area (Å²) in [6.07, 6.45) is -4.87. The van der Waals surface area contributed by atoms with Crippen molar-refractivity contribution in [3.63, 3.8) is 0 Å². The number of benzene rings is 1. The summed E-state index contributed by atoms with van der Waals surface area (Å²) in [5, 5.41) is 12.3. The topological polar surface area (TPSA) is 97.3 Å². The summed E-state index contributed by atoms with van der Waals surface area (Å²) in [7, 11) is 2.75. The minimum Gasteiger partial charge on any atom is -0.496 e. The van der Waals surface area contributed by atoms with Gasteiger partial charge >= 0.3 is 6.36 Å². The van der Waals surface area contributed by atoms with Gasteiger partial charge in [-0.25, -0.2) is 0 Å². The lowest BCUT2D eigenvalue weighted by molar-refractivity contribution is -0.274. The van der Waals surface area contributed by atoms with E-state index in [4.69, 9.17) is 9.47 Å². The molecule has 2 amide bonds. The monoisotopic (exact) mass is 424 g/mol. The summed E-state index contributed by atoms with van der Waals surface area (Å²) < 4.78 is 51.2. The maximum absolute atomic E-state index is 12.7. The van der Waals surface area contributed by atoms with Crippen molar-refractivity contribution < 1.29 is 43.5 Å². The largest absolute Gasteiger partial charge is 0.573 e. The fourth-order valence-electron chi connectivity index (χ4n) is 2.67. The molecular formula is C18H27F3N2O6. The lowest BCUT2D eigenvalue weighted by Gasteiger charge is -2.38. The van der Waals surface area contributed by atoms with E-state index in [0.29, 0.717) is 0 Å². The van der Waals surface area contributed by atoms with Crippen molar-refractivity contribution in [1.29, 1.82) is 0 Å². The Bertz CT molecular complexity index is 720. The van der Waals surface area contributed by atoms with E-state index < -0.39 is 36.1 Å². The van der Waals surface area contributed by atoms with Crippen LogP contribution in [0.3, 0.4) is 0 Å². The molecule has 1 aromatic carbocycles. The van der Waals surface area contributed by atoms with Crippen molar-refractivity contribution in [2.45, 2.75) is 32.3 Å². The van der Waals surface area contributed by atoms with Crippen LogP contribution in [0, 0.1) is 0 Å². The molecule has 0 heterocycles. The zero-order valence-electron chi connectivity index (χ0n) is 16.6. The van der Waals surface area contributed by atoms with Crippen LogP contribution in [0.1, 0.15) is 20.8 Å². The molecule has 0 radical (unpaired) electrons. The quantitative estimate of drug-likeness (QED) is 0.594. The number of aliphatic hydroxyl groups excluding tert-OH is 1. The number of carbonyl (C=O) groups excluding carboxylic acids is 2. The Morgan fingerprint density at radius 1 is 1.28 bits per heavy atom. The standard InChI is InChI=1S/C18H25F3N2O6.H2/c1-12(25)23(7-8-27-3)17(2,11-24)16(26)22-10-13-9-14(29-18(19,20)21)5-6-15(13)28-4;/h5-6,9,24H,7-8,10-11H2,1-4H3,(H,22,26);1H. The second-order valence-corrected chi connectivity index (χ2v) is 6.30. The molecule has 1 atom stereocenters. The van der Waals surface area contributed by atoms with Gasteiger partial charge in [0.05, 0.1) is 20.3 Å². The summed E-state index contributed by atoms with van der Waals surface area (Å²) in [5.74, 6) is -1.39. The maximum atomic E-state index is 12.7. The third-order valence-corrected chi connectivity index (χ3v) is 4.22. The fourth-order valence-corrected chi connectivity index (χ4v) is 2.67. The van der Waals surface area contributed by atoms with E-state index >= 15 is 0 Å². The molecule has 0 saturated carbocycles. The molecule has 0 aliphatic carbocycles. The highest BCUT2D eigenvalue weighted by Gasteiger charge is 2.40. The molecule has 11 heteroatoms. The van der Waals surface area contributed by atoms with E-state index in [1.165, 1.54) is 34.1 Å². The van der Waals surface area contributed by atoms with Gasteiger partial charge in [0, 0.05) is 34.1 Å². The third-order valence-electron chi connectivity index (χ3n) is 4.22. The zero-order chi connectivity index (χ0) is 22.2. The number of hydrogen-bond acceptors (Lipinski definition) is 6. The van der Waals surface area contributed by atoms with Crippen LogP contribution in [0.2, 0.25) is 0 Å². The van der Waals surface area contributed by atoms with Crippen molar-refractivity contribution in [2.75, 3.05) is 34.0 Å². The predicted molar refractivity (Wildman–Crippen MR) is 98.4 cm³/mol. The van der Waals surface area contributed by atoms with Crippen LogP contribution < -0.4 is 14.8 Å². The molecule has 0 saturated heterocycles. The van der Waals surface area contributed by atoms with E-state index in [0.717, 1.165) is 17.0 Å². The summed E-state index contributed by atoms with van der Waals surface area (Å²) >= 11 is 0. The molecule has 1 rings (SSSR count). The molecule has 0 aromatic heterocycles. The molecule has 1 unspecified atom stereocenters. The molecule has 0 aliphatic rings. The number of methoxy groups -OCH3 is 2.